The molecule has 0 radical (unpaired) electrons. The fourth-order valence-corrected chi connectivity index (χ4v) is 2.74. The Balaban J connectivity index is 1.59. The summed E-state index contributed by atoms with van der Waals surface area (Å²) in [6.07, 6.45) is 6.07. The van der Waals surface area contributed by atoms with Crippen LogP contribution in [0, 0.1) is 0 Å². The summed E-state index contributed by atoms with van der Waals surface area (Å²) in [7, 11) is 0. The number of nitrogens with one attached hydrogen (secondary N) is 2. The van der Waals surface area contributed by atoms with Crippen LogP contribution in [0.1, 0.15) is 36.9 Å². The van der Waals surface area contributed by atoms with Crippen molar-refractivity contribution in [3.8, 4) is 0 Å². The quantitative estimate of drug-likeness (QED) is 0.835. The van der Waals surface area contributed by atoms with Gasteiger partial charge in [-0.3, -0.25) is 4.79 Å². The molecule has 2 atom stereocenters. The Morgan fingerprint density at radius 2 is 2.18 bits per heavy atom. The summed E-state index contributed by atoms with van der Waals surface area (Å²) in [6, 6.07) is 8.88. The molecule has 3 rings (SSSR count). The first-order chi connectivity index (χ1) is 10.7. The van der Waals surface area contributed by atoms with E-state index >= 15 is 0 Å². The third kappa shape index (κ3) is 3.54. The maximum Gasteiger partial charge on any atom is 0.217 e. The molecule has 116 valence electrons. The normalized spacial score (nSPS) is 23.8. The summed E-state index contributed by atoms with van der Waals surface area (Å²) < 4.78 is 0. The Bertz CT molecular complexity index is 592. The molecule has 22 heavy (non-hydrogen) atoms. The molecule has 0 fully saturated rings. The molecule has 2 unspecified atom stereocenters. The average Bonchev–Trinajstić information content (AvgIpc) is 3.03. The van der Waals surface area contributed by atoms with Crippen molar-refractivity contribution >= 4 is 11.6 Å². The van der Waals surface area contributed by atoms with E-state index in [9.17, 15) is 4.79 Å². The van der Waals surface area contributed by atoms with Crippen LogP contribution < -0.4 is 10.6 Å². The molecule has 5 heteroatoms. The van der Waals surface area contributed by atoms with Crippen LogP contribution in [0.25, 0.3) is 0 Å². The lowest BCUT2D eigenvalue weighted by atomic mass is 9.98. The molecule has 0 saturated carbocycles. The van der Waals surface area contributed by atoms with Crippen LogP contribution in [-0.2, 0) is 9.63 Å². The van der Waals surface area contributed by atoms with Crippen LogP contribution in [0.5, 0.6) is 0 Å². The van der Waals surface area contributed by atoms with Gasteiger partial charge in [-0.05, 0) is 17.5 Å². The van der Waals surface area contributed by atoms with Gasteiger partial charge in [0.15, 0.2) is 0 Å². The van der Waals surface area contributed by atoms with E-state index < -0.39 is 0 Å². The van der Waals surface area contributed by atoms with Gasteiger partial charge in [-0.2, -0.15) is 0 Å². The van der Waals surface area contributed by atoms with Crippen LogP contribution in [0.4, 0.5) is 0 Å². The van der Waals surface area contributed by atoms with E-state index in [0.717, 1.165) is 30.7 Å². The number of carbonyl (C=O) groups excluding carboxylic acids is 1. The van der Waals surface area contributed by atoms with Crippen LogP contribution in [0.3, 0.4) is 0 Å². The molecule has 2 heterocycles. The van der Waals surface area contributed by atoms with Crippen molar-refractivity contribution in [1.82, 2.24) is 10.6 Å². The molecule has 2 aliphatic heterocycles. The van der Waals surface area contributed by atoms with Gasteiger partial charge in [-0.1, -0.05) is 41.6 Å². The monoisotopic (exact) mass is 299 g/mol. The number of nitrogens with zero attached hydrogens (tertiary/aromatic N) is 1. The number of benzene rings is 1. The van der Waals surface area contributed by atoms with E-state index in [2.05, 4.69) is 52.2 Å². The van der Waals surface area contributed by atoms with Gasteiger partial charge in [0.1, 0.15) is 6.10 Å². The molecule has 1 amide bonds. The Kier molecular flexibility index (Phi) is 4.53. The Hall–Kier alpha value is -2.14. The third-order valence-corrected chi connectivity index (χ3v) is 3.98. The van der Waals surface area contributed by atoms with E-state index in [4.69, 9.17) is 4.84 Å². The van der Waals surface area contributed by atoms with Gasteiger partial charge in [0.05, 0.1) is 12.3 Å². The number of hydrogen-bond donors (Lipinski definition) is 2. The van der Waals surface area contributed by atoms with E-state index in [1.165, 1.54) is 12.5 Å². The molecule has 0 aliphatic carbocycles. The van der Waals surface area contributed by atoms with Crippen molar-refractivity contribution in [2.45, 2.75) is 31.9 Å². The first kappa shape index (κ1) is 14.8. The second kappa shape index (κ2) is 6.75. The largest absolute Gasteiger partial charge is 0.390 e. The van der Waals surface area contributed by atoms with Crippen LogP contribution >= 0.6 is 0 Å². The minimum atomic E-state index is -0.0660. The average molecular weight is 299 g/mol. The molecule has 0 spiro atoms. The minimum Gasteiger partial charge on any atom is -0.390 e. The molecule has 0 saturated heterocycles. The highest BCUT2D eigenvalue weighted by Gasteiger charge is 2.22. The predicted octanol–water partition coefficient (Wildman–Crippen LogP) is 1.91. The van der Waals surface area contributed by atoms with Crippen molar-refractivity contribution in [2.24, 2.45) is 5.16 Å². The van der Waals surface area contributed by atoms with Crippen LogP contribution in [0.15, 0.2) is 41.6 Å². The molecule has 2 aliphatic rings. The predicted molar refractivity (Wildman–Crippen MR) is 85.7 cm³/mol. The van der Waals surface area contributed by atoms with Gasteiger partial charge in [0, 0.05) is 25.9 Å². The van der Waals surface area contributed by atoms with E-state index in [1.54, 1.807) is 0 Å². The van der Waals surface area contributed by atoms with E-state index in [0.29, 0.717) is 12.6 Å². The molecule has 0 aromatic heterocycles. The van der Waals surface area contributed by atoms with Gasteiger partial charge in [-0.25, -0.2) is 0 Å². The zero-order valence-electron chi connectivity index (χ0n) is 12.7. The smallest absolute Gasteiger partial charge is 0.217 e. The molecule has 0 bridgehead atoms. The number of rotatable bonds is 4. The zero-order chi connectivity index (χ0) is 15.4. The Labute approximate surface area is 130 Å². The van der Waals surface area contributed by atoms with Crippen LogP contribution in [-0.4, -0.2) is 30.8 Å². The second-order valence-electron chi connectivity index (χ2n) is 5.70. The molecular formula is C17H21N3O2. The highest BCUT2D eigenvalue weighted by Crippen LogP contribution is 2.22. The van der Waals surface area contributed by atoms with Crippen LogP contribution in [0.2, 0.25) is 0 Å². The second-order valence-corrected chi connectivity index (χ2v) is 5.70. The molecule has 1 aromatic carbocycles. The zero-order valence-corrected chi connectivity index (χ0v) is 12.7. The molecular weight excluding hydrogens is 278 g/mol. The molecule has 2 N–H and O–H groups in total. The van der Waals surface area contributed by atoms with Gasteiger partial charge >= 0.3 is 0 Å². The lowest BCUT2D eigenvalue weighted by Gasteiger charge is -2.20. The van der Waals surface area contributed by atoms with E-state index in [1.807, 2.05) is 0 Å². The number of hydrogen-bond acceptors (Lipinski definition) is 4. The minimum absolute atomic E-state index is 0.0459. The Morgan fingerprint density at radius 1 is 1.36 bits per heavy atom. The first-order valence-corrected chi connectivity index (χ1v) is 7.68. The van der Waals surface area contributed by atoms with Gasteiger partial charge in [-0.15, -0.1) is 0 Å². The number of carbonyl (C=O) groups is 1. The lowest BCUT2D eigenvalue weighted by Crippen LogP contribution is -2.30. The highest BCUT2D eigenvalue weighted by molar-refractivity contribution is 6.01. The molecule has 1 aromatic rings. The number of oxime groups is 1. The molecule has 5 nitrogen and oxygen atoms in total. The van der Waals surface area contributed by atoms with Gasteiger partial charge in [0.25, 0.3) is 0 Å². The SMILES string of the molecule is CC(=O)NCC1CC(c2ccc(C3CC=CCN3)cc2)=NO1. The third-order valence-electron chi connectivity index (χ3n) is 3.98. The fourth-order valence-electron chi connectivity index (χ4n) is 2.74. The van der Waals surface area contributed by atoms with Crippen molar-refractivity contribution in [2.75, 3.05) is 13.1 Å². The maximum atomic E-state index is 10.9. The topological polar surface area (TPSA) is 62.7 Å². The van der Waals surface area contributed by atoms with Crippen molar-refractivity contribution in [1.29, 1.82) is 0 Å². The lowest BCUT2D eigenvalue weighted by molar-refractivity contribution is -0.119. The van der Waals surface area contributed by atoms with Crippen molar-refractivity contribution in [3.63, 3.8) is 0 Å². The van der Waals surface area contributed by atoms with Crippen molar-refractivity contribution < 1.29 is 9.63 Å². The standard InChI is InChI=1S/C17H21N3O2/c1-12(21)19-11-15-10-17(20-22-15)14-7-5-13(6-8-14)16-4-2-3-9-18-16/h2-3,5-8,15-16,18H,4,9-11H2,1H3,(H,19,21). The number of amides is 1. The summed E-state index contributed by atoms with van der Waals surface area (Å²) in [5.74, 6) is -0.0459. The fraction of sp³-hybridized carbons (Fsp3) is 0.412. The Morgan fingerprint density at radius 3 is 2.86 bits per heavy atom. The maximum absolute atomic E-state index is 10.9. The summed E-state index contributed by atoms with van der Waals surface area (Å²) in [4.78, 5) is 16.3. The van der Waals surface area contributed by atoms with Gasteiger partial charge < -0.3 is 15.5 Å². The summed E-state index contributed by atoms with van der Waals surface area (Å²) in [6.45, 7) is 2.93. The van der Waals surface area contributed by atoms with Gasteiger partial charge in [0.2, 0.25) is 5.91 Å². The van der Waals surface area contributed by atoms with Crippen molar-refractivity contribution in [3.05, 3.63) is 47.5 Å². The van der Waals surface area contributed by atoms with E-state index in [-0.39, 0.29) is 12.0 Å². The summed E-state index contributed by atoms with van der Waals surface area (Å²) in [5.41, 5.74) is 3.32. The highest BCUT2D eigenvalue weighted by atomic mass is 16.6. The summed E-state index contributed by atoms with van der Waals surface area (Å²) >= 11 is 0. The summed E-state index contributed by atoms with van der Waals surface area (Å²) in [5, 5.41) is 10.4. The first-order valence-electron chi connectivity index (χ1n) is 7.68.